The molecular formula is C14H16BrClO2. The third-order valence-corrected chi connectivity index (χ3v) is 5.04. The van der Waals surface area contributed by atoms with Gasteiger partial charge in [-0.25, -0.2) is 0 Å². The summed E-state index contributed by atoms with van der Waals surface area (Å²) in [6.07, 6.45) is 2.27. The minimum absolute atomic E-state index is 0.153. The van der Waals surface area contributed by atoms with Gasteiger partial charge in [-0.15, -0.1) is 0 Å². The monoisotopic (exact) mass is 330 g/mol. The predicted octanol–water partition coefficient (Wildman–Crippen LogP) is 4.14. The van der Waals surface area contributed by atoms with Crippen LogP contribution in [0.2, 0.25) is 5.02 Å². The molecule has 0 bridgehead atoms. The third-order valence-electron chi connectivity index (χ3n) is 3.81. The number of hydrogen-bond donors (Lipinski definition) is 0. The average Bonchev–Trinajstić information content (AvgIpc) is 2.95. The zero-order valence-corrected chi connectivity index (χ0v) is 12.6. The van der Waals surface area contributed by atoms with E-state index in [1.165, 1.54) is 5.56 Å². The summed E-state index contributed by atoms with van der Waals surface area (Å²) in [5, 5.41) is 0.782. The van der Waals surface area contributed by atoms with E-state index in [9.17, 15) is 0 Å². The highest BCUT2D eigenvalue weighted by molar-refractivity contribution is 9.09. The van der Waals surface area contributed by atoms with Crippen molar-refractivity contribution in [3.05, 3.63) is 28.3 Å². The second-order valence-corrected chi connectivity index (χ2v) is 6.51. The van der Waals surface area contributed by atoms with Crippen molar-refractivity contribution in [2.75, 3.05) is 13.2 Å². The first-order chi connectivity index (χ1) is 8.66. The van der Waals surface area contributed by atoms with E-state index < -0.39 is 0 Å². The lowest BCUT2D eigenvalue weighted by molar-refractivity contribution is 0.0929. The Morgan fingerprint density at radius 2 is 2.22 bits per heavy atom. The quantitative estimate of drug-likeness (QED) is 0.758. The molecule has 0 aliphatic carbocycles. The van der Waals surface area contributed by atoms with Crippen LogP contribution in [0.15, 0.2) is 12.1 Å². The number of hydrogen-bond acceptors (Lipinski definition) is 2. The normalized spacial score (nSPS) is 27.9. The first-order valence-corrected chi connectivity index (χ1v) is 7.67. The lowest BCUT2D eigenvalue weighted by Crippen LogP contribution is -2.19. The molecule has 2 heterocycles. The van der Waals surface area contributed by atoms with Crippen LogP contribution in [-0.2, 0) is 11.2 Å². The Labute approximate surface area is 121 Å². The fourth-order valence-corrected chi connectivity index (χ4v) is 4.03. The molecule has 0 aromatic heterocycles. The summed E-state index contributed by atoms with van der Waals surface area (Å²) in [6, 6.07) is 4.01. The fourth-order valence-electron chi connectivity index (χ4n) is 2.77. The average molecular weight is 332 g/mol. The molecule has 3 rings (SSSR count). The van der Waals surface area contributed by atoms with Crippen molar-refractivity contribution >= 4 is 27.5 Å². The third kappa shape index (κ3) is 2.17. The Hall–Kier alpha value is -0.250. The number of halogens is 2. The lowest BCUT2D eigenvalue weighted by atomic mass is 9.95. The highest BCUT2D eigenvalue weighted by Crippen LogP contribution is 2.44. The summed E-state index contributed by atoms with van der Waals surface area (Å²) in [6.45, 7) is 3.83. The van der Waals surface area contributed by atoms with E-state index in [4.69, 9.17) is 21.1 Å². The summed E-state index contributed by atoms with van der Waals surface area (Å²) in [5.41, 5.74) is 2.35. The smallest absolute Gasteiger partial charge is 0.127 e. The van der Waals surface area contributed by atoms with Gasteiger partial charge in [-0.1, -0.05) is 34.5 Å². The SMILES string of the molecule is CC1CCOC1C(Br)c1cc(Cl)cc2c1OCC2. The van der Waals surface area contributed by atoms with E-state index >= 15 is 0 Å². The number of ether oxygens (including phenoxy) is 2. The van der Waals surface area contributed by atoms with Gasteiger partial charge in [-0.05, 0) is 30.0 Å². The van der Waals surface area contributed by atoms with Gasteiger partial charge in [-0.2, -0.15) is 0 Å². The van der Waals surface area contributed by atoms with E-state index in [0.717, 1.165) is 42.4 Å². The highest BCUT2D eigenvalue weighted by atomic mass is 79.9. The van der Waals surface area contributed by atoms with Crippen LogP contribution in [0.3, 0.4) is 0 Å². The molecule has 2 aliphatic heterocycles. The predicted molar refractivity (Wildman–Crippen MR) is 75.8 cm³/mol. The molecule has 0 radical (unpaired) electrons. The Morgan fingerprint density at radius 3 is 2.94 bits per heavy atom. The molecule has 2 nitrogen and oxygen atoms in total. The van der Waals surface area contributed by atoms with Crippen LogP contribution in [0, 0.1) is 5.92 Å². The van der Waals surface area contributed by atoms with E-state index in [2.05, 4.69) is 22.9 Å². The summed E-state index contributed by atoms with van der Waals surface area (Å²) < 4.78 is 11.6. The molecule has 0 N–H and O–H groups in total. The largest absolute Gasteiger partial charge is 0.493 e. The van der Waals surface area contributed by atoms with Crippen molar-refractivity contribution in [1.29, 1.82) is 0 Å². The topological polar surface area (TPSA) is 18.5 Å². The molecule has 0 saturated carbocycles. The maximum Gasteiger partial charge on any atom is 0.127 e. The van der Waals surface area contributed by atoms with Crippen molar-refractivity contribution in [2.24, 2.45) is 5.92 Å². The Balaban J connectivity index is 1.96. The molecule has 0 spiro atoms. The van der Waals surface area contributed by atoms with Crippen molar-refractivity contribution in [2.45, 2.75) is 30.7 Å². The van der Waals surface area contributed by atoms with Gasteiger partial charge in [-0.3, -0.25) is 0 Å². The van der Waals surface area contributed by atoms with Gasteiger partial charge >= 0.3 is 0 Å². The van der Waals surface area contributed by atoms with Gasteiger partial charge in [0.25, 0.3) is 0 Å². The Bertz CT molecular complexity index is 463. The van der Waals surface area contributed by atoms with Gasteiger partial charge in [0, 0.05) is 23.6 Å². The van der Waals surface area contributed by atoms with Crippen molar-refractivity contribution in [1.82, 2.24) is 0 Å². The van der Waals surface area contributed by atoms with E-state index in [1.807, 2.05) is 12.1 Å². The zero-order valence-electron chi connectivity index (χ0n) is 10.3. The first-order valence-electron chi connectivity index (χ1n) is 6.37. The van der Waals surface area contributed by atoms with Crippen LogP contribution in [0.4, 0.5) is 0 Å². The number of rotatable bonds is 2. The first kappa shape index (κ1) is 12.8. The maximum atomic E-state index is 6.20. The minimum Gasteiger partial charge on any atom is -0.493 e. The summed E-state index contributed by atoms with van der Waals surface area (Å²) >= 11 is 9.98. The van der Waals surface area contributed by atoms with Crippen LogP contribution in [-0.4, -0.2) is 19.3 Å². The van der Waals surface area contributed by atoms with Crippen LogP contribution in [0.25, 0.3) is 0 Å². The highest BCUT2D eigenvalue weighted by Gasteiger charge is 2.34. The van der Waals surface area contributed by atoms with Gasteiger partial charge in [0.05, 0.1) is 17.5 Å². The molecule has 1 aromatic rings. The Morgan fingerprint density at radius 1 is 1.39 bits per heavy atom. The second-order valence-electron chi connectivity index (χ2n) is 5.08. The van der Waals surface area contributed by atoms with Gasteiger partial charge in [0.15, 0.2) is 0 Å². The van der Waals surface area contributed by atoms with Crippen LogP contribution in [0.5, 0.6) is 5.75 Å². The molecule has 2 aliphatic rings. The van der Waals surface area contributed by atoms with E-state index in [0.29, 0.717) is 5.92 Å². The Kier molecular flexibility index (Phi) is 3.57. The zero-order chi connectivity index (χ0) is 12.7. The molecule has 1 aromatic carbocycles. The van der Waals surface area contributed by atoms with E-state index in [1.54, 1.807) is 0 Å². The van der Waals surface area contributed by atoms with Crippen molar-refractivity contribution < 1.29 is 9.47 Å². The van der Waals surface area contributed by atoms with Crippen LogP contribution in [0.1, 0.15) is 29.3 Å². The molecular weight excluding hydrogens is 316 g/mol. The van der Waals surface area contributed by atoms with E-state index in [-0.39, 0.29) is 10.9 Å². The molecule has 18 heavy (non-hydrogen) atoms. The van der Waals surface area contributed by atoms with Gasteiger partial charge in [0.2, 0.25) is 0 Å². The molecule has 1 saturated heterocycles. The lowest BCUT2D eigenvalue weighted by Gasteiger charge is -2.23. The summed E-state index contributed by atoms with van der Waals surface area (Å²) in [5.74, 6) is 1.56. The number of benzene rings is 1. The molecule has 0 amide bonds. The fraction of sp³-hybridized carbons (Fsp3) is 0.571. The summed E-state index contributed by atoms with van der Waals surface area (Å²) in [7, 11) is 0. The van der Waals surface area contributed by atoms with Gasteiger partial charge < -0.3 is 9.47 Å². The molecule has 3 atom stereocenters. The number of alkyl halides is 1. The molecule has 4 heteroatoms. The molecule has 1 fully saturated rings. The van der Waals surface area contributed by atoms with Crippen molar-refractivity contribution in [3.8, 4) is 5.75 Å². The molecule has 98 valence electrons. The second kappa shape index (κ2) is 5.03. The minimum atomic E-state index is 0.153. The molecule has 3 unspecified atom stereocenters. The maximum absolute atomic E-state index is 6.20. The van der Waals surface area contributed by atoms with Crippen LogP contribution >= 0.6 is 27.5 Å². The van der Waals surface area contributed by atoms with Crippen molar-refractivity contribution in [3.63, 3.8) is 0 Å². The van der Waals surface area contributed by atoms with Gasteiger partial charge in [0.1, 0.15) is 5.75 Å². The summed E-state index contributed by atoms with van der Waals surface area (Å²) in [4.78, 5) is 0.153. The van der Waals surface area contributed by atoms with Crippen LogP contribution < -0.4 is 4.74 Å². The standard InChI is InChI=1S/C14H16BrClO2/c1-8-2-4-17-13(8)12(15)11-7-10(16)6-9-3-5-18-14(9)11/h6-8,12-13H,2-5H2,1H3. The number of fused-ring (bicyclic) bond motifs is 1.